The molecule has 3 heteroatoms. The van der Waals surface area contributed by atoms with E-state index < -0.39 is 0 Å². The molecule has 2 rings (SSSR count). The molecule has 3 nitrogen and oxygen atoms in total. The van der Waals surface area contributed by atoms with E-state index in [0.717, 1.165) is 31.7 Å². The Morgan fingerprint density at radius 1 is 1.39 bits per heavy atom. The number of aliphatic hydroxyl groups is 1. The first-order valence-electron chi connectivity index (χ1n) is 6.79. The van der Waals surface area contributed by atoms with Crippen molar-refractivity contribution in [3.8, 4) is 5.75 Å². The van der Waals surface area contributed by atoms with Crippen molar-refractivity contribution in [3.05, 3.63) is 29.3 Å². The zero-order chi connectivity index (χ0) is 13.0. The summed E-state index contributed by atoms with van der Waals surface area (Å²) in [5.41, 5.74) is 2.67. The normalized spacial score (nSPS) is 15.6. The van der Waals surface area contributed by atoms with E-state index in [0.29, 0.717) is 5.92 Å². The summed E-state index contributed by atoms with van der Waals surface area (Å²) < 4.78 is 5.50. The molecule has 0 saturated carbocycles. The number of fused-ring (bicyclic) bond motifs is 1. The van der Waals surface area contributed by atoms with Gasteiger partial charge in [-0.25, -0.2) is 0 Å². The lowest BCUT2D eigenvalue weighted by atomic mass is 10.0. The first-order chi connectivity index (χ1) is 8.70. The summed E-state index contributed by atoms with van der Waals surface area (Å²) in [4.78, 5) is 0. The van der Waals surface area contributed by atoms with E-state index in [1.54, 1.807) is 0 Å². The van der Waals surface area contributed by atoms with E-state index >= 15 is 0 Å². The average molecular weight is 249 g/mol. The summed E-state index contributed by atoms with van der Waals surface area (Å²) in [6, 6.07) is 6.65. The van der Waals surface area contributed by atoms with Crippen LogP contribution in [0.4, 0.5) is 0 Å². The van der Waals surface area contributed by atoms with Crippen molar-refractivity contribution in [1.82, 2.24) is 5.32 Å². The van der Waals surface area contributed by atoms with Gasteiger partial charge in [0, 0.05) is 12.5 Å². The van der Waals surface area contributed by atoms with E-state index in [9.17, 15) is 5.11 Å². The van der Waals surface area contributed by atoms with Gasteiger partial charge >= 0.3 is 0 Å². The summed E-state index contributed by atoms with van der Waals surface area (Å²) >= 11 is 0. The highest BCUT2D eigenvalue weighted by Gasteiger charge is 2.13. The van der Waals surface area contributed by atoms with Crippen LogP contribution in [0.5, 0.6) is 5.75 Å². The number of nitrogens with one attached hydrogen (secondary N) is 1. The Morgan fingerprint density at radius 2 is 2.22 bits per heavy atom. The molecule has 0 fully saturated rings. The van der Waals surface area contributed by atoms with Crippen LogP contribution in [0.3, 0.4) is 0 Å². The standard InChI is InChI=1S/C15H23NO2/c1-11(2)14(10-17)16-7-5-12-3-4-15-13(9-12)6-8-18-15/h3-4,9,11,14,16-17H,5-8,10H2,1-2H3. The molecule has 1 aliphatic heterocycles. The molecular formula is C15H23NO2. The molecule has 1 aromatic carbocycles. The van der Waals surface area contributed by atoms with Crippen LogP contribution in [0.25, 0.3) is 0 Å². The third-order valence-corrected chi connectivity index (χ3v) is 3.58. The largest absolute Gasteiger partial charge is 0.493 e. The smallest absolute Gasteiger partial charge is 0.122 e. The highest BCUT2D eigenvalue weighted by Crippen LogP contribution is 2.25. The molecule has 1 unspecified atom stereocenters. The van der Waals surface area contributed by atoms with Gasteiger partial charge in [0.1, 0.15) is 5.75 Å². The Balaban J connectivity index is 1.83. The fraction of sp³-hybridized carbons (Fsp3) is 0.600. The monoisotopic (exact) mass is 249 g/mol. The Morgan fingerprint density at radius 3 is 2.94 bits per heavy atom. The summed E-state index contributed by atoms with van der Waals surface area (Å²) in [7, 11) is 0. The highest BCUT2D eigenvalue weighted by atomic mass is 16.5. The van der Waals surface area contributed by atoms with Crippen LogP contribution in [0.1, 0.15) is 25.0 Å². The molecule has 2 N–H and O–H groups in total. The Bertz CT molecular complexity index is 390. The SMILES string of the molecule is CC(C)C(CO)NCCc1ccc2c(c1)CCO2. The molecule has 0 radical (unpaired) electrons. The lowest BCUT2D eigenvalue weighted by molar-refractivity contribution is 0.212. The molecule has 0 saturated heterocycles. The highest BCUT2D eigenvalue weighted by molar-refractivity contribution is 5.39. The summed E-state index contributed by atoms with van der Waals surface area (Å²) in [6.07, 6.45) is 2.03. The molecule has 18 heavy (non-hydrogen) atoms. The second kappa shape index (κ2) is 6.21. The van der Waals surface area contributed by atoms with Gasteiger partial charge in [0.2, 0.25) is 0 Å². The summed E-state index contributed by atoms with van der Waals surface area (Å²) in [5.74, 6) is 1.51. The number of ether oxygens (including phenoxy) is 1. The molecule has 0 amide bonds. The minimum Gasteiger partial charge on any atom is -0.493 e. The first kappa shape index (κ1) is 13.4. The van der Waals surface area contributed by atoms with Crippen molar-refractivity contribution < 1.29 is 9.84 Å². The Labute approximate surface area is 109 Å². The van der Waals surface area contributed by atoms with Gasteiger partial charge < -0.3 is 15.2 Å². The minimum absolute atomic E-state index is 0.197. The third-order valence-electron chi connectivity index (χ3n) is 3.58. The predicted octanol–water partition coefficient (Wildman–Crippen LogP) is 1.77. The Kier molecular flexibility index (Phi) is 4.61. The molecule has 1 atom stereocenters. The van der Waals surface area contributed by atoms with E-state index in [-0.39, 0.29) is 12.6 Å². The van der Waals surface area contributed by atoms with Crippen LogP contribution in [0.2, 0.25) is 0 Å². The first-order valence-corrected chi connectivity index (χ1v) is 6.79. The van der Waals surface area contributed by atoms with Crippen molar-refractivity contribution >= 4 is 0 Å². The molecule has 1 aliphatic rings. The number of hydrogen-bond acceptors (Lipinski definition) is 3. The molecule has 0 aliphatic carbocycles. The second-order valence-corrected chi connectivity index (χ2v) is 5.28. The summed E-state index contributed by atoms with van der Waals surface area (Å²) in [5, 5.41) is 12.6. The molecule has 0 bridgehead atoms. The van der Waals surface area contributed by atoms with E-state index in [1.807, 2.05) is 0 Å². The quantitative estimate of drug-likeness (QED) is 0.807. The van der Waals surface area contributed by atoms with Gasteiger partial charge in [-0.3, -0.25) is 0 Å². The third kappa shape index (κ3) is 3.24. The lowest BCUT2D eigenvalue weighted by Gasteiger charge is -2.19. The van der Waals surface area contributed by atoms with E-state index in [2.05, 4.69) is 37.4 Å². The maximum Gasteiger partial charge on any atom is 0.122 e. The van der Waals surface area contributed by atoms with Gasteiger partial charge in [0.05, 0.1) is 13.2 Å². The fourth-order valence-corrected chi connectivity index (χ4v) is 2.31. The number of hydrogen-bond donors (Lipinski definition) is 2. The molecular weight excluding hydrogens is 226 g/mol. The van der Waals surface area contributed by atoms with E-state index in [1.165, 1.54) is 11.1 Å². The van der Waals surface area contributed by atoms with Crippen molar-refractivity contribution in [2.24, 2.45) is 5.92 Å². The zero-order valence-corrected chi connectivity index (χ0v) is 11.3. The topological polar surface area (TPSA) is 41.5 Å². The van der Waals surface area contributed by atoms with Crippen LogP contribution in [-0.4, -0.2) is 30.9 Å². The van der Waals surface area contributed by atoms with Gasteiger partial charge in [-0.1, -0.05) is 26.0 Å². The second-order valence-electron chi connectivity index (χ2n) is 5.28. The molecule has 1 heterocycles. The number of rotatable bonds is 6. The minimum atomic E-state index is 0.197. The molecule has 100 valence electrons. The molecule has 0 spiro atoms. The van der Waals surface area contributed by atoms with Crippen molar-refractivity contribution in [1.29, 1.82) is 0 Å². The van der Waals surface area contributed by atoms with Gasteiger partial charge in [-0.2, -0.15) is 0 Å². The lowest BCUT2D eigenvalue weighted by Crippen LogP contribution is -2.38. The van der Waals surface area contributed by atoms with Crippen molar-refractivity contribution in [3.63, 3.8) is 0 Å². The van der Waals surface area contributed by atoms with Gasteiger partial charge in [0.15, 0.2) is 0 Å². The van der Waals surface area contributed by atoms with E-state index in [4.69, 9.17) is 4.74 Å². The number of aliphatic hydroxyl groups excluding tert-OH is 1. The van der Waals surface area contributed by atoms with Crippen molar-refractivity contribution in [2.75, 3.05) is 19.8 Å². The maximum atomic E-state index is 9.24. The van der Waals surface area contributed by atoms with Gasteiger partial charge in [0.25, 0.3) is 0 Å². The van der Waals surface area contributed by atoms with Crippen LogP contribution < -0.4 is 10.1 Å². The van der Waals surface area contributed by atoms with Crippen LogP contribution in [-0.2, 0) is 12.8 Å². The number of benzene rings is 1. The molecule has 0 aromatic heterocycles. The van der Waals surface area contributed by atoms with Crippen LogP contribution in [0.15, 0.2) is 18.2 Å². The predicted molar refractivity (Wildman–Crippen MR) is 73.1 cm³/mol. The maximum absolute atomic E-state index is 9.24. The Hall–Kier alpha value is -1.06. The van der Waals surface area contributed by atoms with Crippen LogP contribution in [0, 0.1) is 5.92 Å². The fourth-order valence-electron chi connectivity index (χ4n) is 2.31. The average Bonchev–Trinajstić information content (AvgIpc) is 2.81. The van der Waals surface area contributed by atoms with Crippen LogP contribution >= 0.6 is 0 Å². The van der Waals surface area contributed by atoms with Crippen molar-refractivity contribution in [2.45, 2.75) is 32.7 Å². The van der Waals surface area contributed by atoms with Gasteiger partial charge in [-0.05, 0) is 36.1 Å². The molecule has 1 aromatic rings. The zero-order valence-electron chi connectivity index (χ0n) is 11.3. The summed E-state index contributed by atoms with van der Waals surface area (Å²) in [6.45, 7) is 6.18. The van der Waals surface area contributed by atoms with Gasteiger partial charge in [-0.15, -0.1) is 0 Å².